The minimum atomic E-state index is 0.228. The summed E-state index contributed by atoms with van der Waals surface area (Å²) >= 11 is 0. The van der Waals surface area contributed by atoms with Crippen molar-refractivity contribution in [3.63, 3.8) is 0 Å². The molecule has 1 saturated carbocycles. The molecule has 88 valence electrons. The molecule has 3 N–H and O–H groups in total. The highest BCUT2D eigenvalue weighted by Gasteiger charge is 2.29. The zero-order chi connectivity index (χ0) is 11.7. The summed E-state index contributed by atoms with van der Waals surface area (Å²) in [7, 11) is 0. The molecule has 1 heterocycles. The summed E-state index contributed by atoms with van der Waals surface area (Å²) in [5, 5.41) is 7.20. The lowest BCUT2D eigenvalue weighted by molar-refractivity contribution is 0.576. The number of benzene rings is 1. The first-order chi connectivity index (χ1) is 8.33. The van der Waals surface area contributed by atoms with Crippen LogP contribution in [-0.2, 0) is 6.42 Å². The van der Waals surface area contributed by atoms with E-state index in [-0.39, 0.29) is 6.04 Å². The molecule has 0 bridgehead atoms. The van der Waals surface area contributed by atoms with Crippen molar-refractivity contribution in [3.8, 4) is 11.4 Å². The van der Waals surface area contributed by atoms with Crippen LogP contribution in [0.4, 0.5) is 0 Å². The van der Waals surface area contributed by atoms with Gasteiger partial charge in [-0.3, -0.25) is 5.10 Å². The minimum Gasteiger partial charge on any atom is -0.327 e. The van der Waals surface area contributed by atoms with Crippen LogP contribution in [0, 0.1) is 5.92 Å². The normalized spacial score (nSPS) is 17.0. The van der Waals surface area contributed by atoms with Gasteiger partial charge in [-0.05, 0) is 18.8 Å². The Hall–Kier alpha value is -1.68. The third-order valence-electron chi connectivity index (χ3n) is 3.22. The highest BCUT2D eigenvalue weighted by molar-refractivity contribution is 5.53. The van der Waals surface area contributed by atoms with Gasteiger partial charge in [-0.15, -0.1) is 0 Å². The zero-order valence-corrected chi connectivity index (χ0v) is 9.63. The van der Waals surface area contributed by atoms with Gasteiger partial charge in [-0.25, -0.2) is 4.98 Å². The maximum atomic E-state index is 6.07. The number of hydrogen-bond donors (Lipinski definition) is 2. The van der Waals surface area contributed by atoms with Crippen molar-refractivity contribution in [2.75, 3.05) is 0 Å². The molecule has 1 aliphatic rings. The monoisotopic (exact) mass is 228 g/mol. The molecule has 0 spiro atoms. The van der Waals surface area contributed by atoms with Gasteiger partial charge >= 0.3 is 0 Å². The number of nitrogens with zero attached hydrogens (tertiary/aromatic N) is 2. The number of nitrogens with two attached hydrogens (primary N) is 1. The second-order valence-corrected chi connectivity index (χ2v) is 4.68. The topological polar surface area (TPSA) is 67.6 Å². The lowest BCUT2D eigenvalue weighted by Gasteiger charge is -2.05. The molecule has 2 aromatic rings. The number of aromatic nitrogens is 3. The quantitative estimate of drug-likeness (QED) is 0.837. The van der Waals surface area contributed by atoms with Crippen molar-refractivity contribution in [1.29, 1.82) is 0 Å². The first-order valence-corrected chi connectivity index (χ1v) is 6.05. The number of rotatable bonds is 4. The first kappa shape index (κ1) is 10.5. The largest absolute Gasteiger partial charge is 0.327 e. The lowest BCUT2D eigenvalue weighted by atomic mass is 10.1. The molecule has 1 atom stereocenters. The summed E-state index contributed by atoms with van der Waals surface area (Å²) in [5.74, 6) is 2.34. The smallest absolute Gasteiger partial charge is 0.181 e. The van der Waals surface area contributed by atoms with Gasteiger partial charge in [0.15, 0.2) is 5.82 Å². The third kappa shape index (κ3) is 2.36. The van der Waals surface area contributed by atoms with E-state index in [9.17, 15) is 0 Å². The Bertz CT molecular complexity index is 487. The van der Waals surface area contributed by atoms with Crippen molar-refractivity contribution in [2.45, 2.75) is 25.3 Å². The van der Waals surface area contributed by atoms with Crippen molar-refractivity contribution in [1.82, 2.24) is 15.2 Å². The van der Waals surface area contributed by atoms with Gasteiger partial charge in [0.25, 0.3) is 0 Å². The van der Waals surface area contributed by atoms with Gasteiger partial charge in [0.2, 0.25) is 0 Å². The molecule has 1 aromatic heterocycles. The molecular formula is C13H16N4. The molecule has 1 unspecified atom stereocenters. The molecule has 0 saturated heterocycles. The van der Waals surface area contributed by atoms with Crippen LogP contribution in [0.1, 0.15) is 18.7 Å². The zero-order valence-electron chi connectivity index (χ0n) is 9.63. The average molecular weight is 228 g/mol. The van der Waals surface area contributed by atoms with Crippen molar-refractivity contribution in [3.05, 3.63) is 36.2 Å². The fourth-order valence-electron chi connectivity index (χ4n) is 2.02. The highest BCUT2D eigenvalue weighted by Crippen LogP contribution is 2.32. The molecule has 1 aromatic carbocycles. The van der Waals surface area contributed by atoms with Gasteiger partial charge in [0.1, 0.15) is 5.82 Å². The van der Waals surface area contributed by atoms with Gasteiger partial charge < -0.3 is 5.73 Å². The number of hydrogen-bond acceptors (Lipinski definition) is 3. The number of aromatic amines is 1. The van der Waals surface area contributed by atoms with E-state index in [2.05, 4.69) is 15.2 Å². The van der Waals surface area contributed by atoms with Crippen LogP contribution in [0.3, 0.4) is 0 Å². The van der Waals surface area contributed by atoms with E-state index in [1.807, 2.05) is 30.3 Å². The van der Waals surface area contributed by atoms with Gasteiger partial charge in [0.05, 0.1) is 0 Å². The minimum absolute atomic E-state index is 0.228. The fourth-order valence-corrected chi connectivity index (χ4v) is 2.02. The lowest BCUT2D eigenvalue weighted by Crippen LogP contribution is -2.25. The number of nitrogens with one attached hydrogen (secondary N) is 1. The standard InChI is InChI=1S/C13H16N4/c14-11(9-6-7-9)8-12-15-13(17-16-12)10-4-2-1-3-5-10/h1-5,9,11H,6-8,14H2,(H,15,16,17). The summed E-state index contributed by atoms with van der Waals surface area (Å²) < 4.78 is 0. The molecule has 3 rings (SSSR count). The van der Waals surface area contributed by atoms with Crippen LogP contribution < -0.4 is 5.73 Å². The Balaban J connectivity index is 1.74. The van der Waals surface area contributed by atoms with Gasteiger partial charge in [-0.1, -0.05) is 30.3 Å². The van der Waals surface area contributed by atoms with E-state index >= 15 is 0 Å². The van der Waals surface area contributed by atoms with E-state index in [1.54, 1.807) is 0 Å². The molecule has 4 heteroatoms. The van der Waals surface area contributed by atoms with E-state index in [1.165, 1.54) is 12.8 Å². The predicted octanol–water partition coefficient (Wildman–Crippen LogP) is 1.75. The van der Waals surface area contributed by atoms with Crippen LogP contribution in [0.15, 0.2) is 30.3 Å². The molecular weight excluding hydrogens is 212 g/mol. The van der Waals surface area contributed by atoms with Crippen LogP contribution in [0.25, 0.3) is 11.4 Å². The van der Waals surface area contributed by atoms with Crippen LogP contribution in [0.2, 0.25) is 0 Å². The summed E-state index contributed by atoms with van der Waals surface area (Å²) in [4.78, 5) is 4.48. The maximum absolute atomic E-state index is 6.07. The van der Waals surface area contributed by atoms with Crippen molar-refractivity contribution in [2.24, 2.45) is 11.7 Å². The number of H-pyrrole nitrogens is 1. The molecule has 4 nitrogen and oxygen atoms in total. The molecule has 0 radical (unpaired) electrons. The van der Waals surface area contributed by atoms with E-state index in [4.69, 9.17) is 5.73 Å². The van der Waals surface area contributed by atoms with E-state index < -0.39 is 0 Å². The van der Waals surface area contributed by atoms with Crippen LogP contribution >= 0.6 is 0 Å². The Morgan fingerprint density at radius 2 is 2.06 bits per heavy atom. The first-order valence-electron chi connectivity index (χ1n) is 6.05. The van der Waals surface area contributed by atoms with Crippen LogP contribution in [0.5, 0.6) is 0 Å². The fraction of sp³-hybridized carbons (Fsp3) is 0.385. The highest BCUT2D eigenvalue weighted by atomic mass is 15.2. The van der Waals surface area contributed by atoms with Gasteiger partial charge in [0, 0.05) is 18.0 Å². The molecule has 0 aliphatic heterocycles. The second-order valence-electron chi connectivity index (χ2n) is 4.68. The third-order valence-corrected chi connectivity index (χ3v) is 3.22. The Morgan fingerprint density at radius 1 is 1.29 bits per heavy atom. The van der Waals surface area contributed by atoms with E-state index in [0.717, 1.165) is 23.6 Å². The predicted molar refractivity (Wildman–Crippen MR) is 66.2 cm³/mol. The maximum Gasteiger partial charge on any atom is 0.181 e. The Morgan fingerprint density at radius 3 is 2.76 bits per heavy atom. The molecule has 1 fully saturated rings. The Labute approximate surface area is 100 Å². The second kappa shape index (κ2) is 4.30. The molecule has 0 amide bonds. The summed E-state index contributed by atoms with van der Waals surface area (Å²) in [6, 6.07) is 10.2. The molecule has 17 heavy (non-hydrogen) atoms. The average Bonchev–Trinajstić information content (AvgIpc) is 3.12. The van der Waals surface area contributed by atoms with Crippen LogP contribution in [-0.4, -0.2) is 21.2 Å². The Kier molecular flexibility index (Phi) is 2.65. The summed E-state index contributed by atoms with van der Waals surface area (Å²) in [6.45, 7) is 0. The SMILES string of the molecule is NC(Cc1nc(-c2ccccc2)n[nH]1)C1CC1. The summed E-state index contributed by atoms with van der Waals surface area (Å²) in [6.07, 6.45) is 3.33. The van der Waals surface area contributed by atoms with Crippen molar-refractivity contribution >= 4 is 0 Å². The summed E-state index contributed by atoms with van der Waals surface area (Å²) in [5.41, 5.74) is 7.11. The molecule has 1 aliphatic carbocycles. The van der Waals surface area contributed by atoms with E-state index in [0.29, 0.717) is 5.92 Å². The van der Waals surface area contributed by atoms with Crippen molar-refractivity contribution < 1.29 is 0 Å². The van der Waals surface area contributed by atoms with Gasteiger partial charge in [-0.2, -0.15) is 5.10 Å².